The molecule has 0 aliphatic heterocycles. The average Bonchev–Trinajstić information content (AvgIpc) is 2.68. The van der Waals surface area contributed by atoms with Gasteiger partial charge in [0.05, 0.1) is 0 Å². The molecule has 130 valence electrons. The van der Waals surface area contributed by atoms with Crippen LogP contribution in [0.4, 0.5) is 4.79 Å². The average molecular weight is 343 g/mol. The minimum Gasteiger partial charge on any atom is -0.445 e. The molecule has 0 heterocycles. The summed E-state index contributed by atoms with van der Waals surface area (Å²) in [6.45, 7) is 4.54. The Labute approximate surface area is 152 Å². The molecule has 0 aromatic heterocycles. The van der Waals surface area contributed by atoms with Crippen molar-refractivity contribution in [2.45, 2.75) is 19.4 Å². The molecule has 0 atom stereocenters. The predicted molar refractivity (Wildman–Crippen MR) is 108 cm³/mol. The number of rotatable bonds is 6. The molecule has 0 bridgehead atoms. The summed E-state index contributed by atoms with van der Waals surface area (Å²) >= 11 is 0. The summed E-state index contributed by atoms with van der Waals surface area (Å²) in [6, 6.07) is 19.2. The van der Waals surface area contributed by atoms with Gasteiger partial charge in [-0.25, -0.2) is 4.79 Å². The molecule has 0 saturated heterocycles. The molecule has 0 spiro atoms. The van der Waals surface area contributed by atoms with Crippen molar-refractivity contribution in [2.75, 3.05) is 6.54 Å². The van der Waals surface area contributed by atoms with E-state index in [1.165, 1.54) is 32.3 Å². The first kappa shape index (κ1) is 16.4. The fourth-order valence-electron chi connectivity index (χ4n) is 3.54. The van der Waals surface area contributed by atoms with Gasteiger partial charge >= 0.3 is 6.09 Å². The Kier molecular flexibility index (Phi) is 4.44. The third-order valence-electron chi connectivity index (χ3n) is 4.75. The summed E-state index contributed by atoms with van der Waals surface area (Å²) < 4.78 is 5.36. The number of alkyl carbamates (subject to hydrolysis) is 1. The number of carbonyl (C=O) groups is 1. The zero-order valence-corrected chi connectivity index (χ0v) is 14.6. The zero-order valence-electron chi connectivity index (χ0n) is 14.6. The van der Waals surface area contributed by atoms with E-state index in [2.05, 4.69) is 66.5 Å². The first-order valence-corrected chi connectivity index (χ1v) is 8.94. The summed E-state index contributed by atoms with van der Waals surface area (Å²) in [5.41, 5.74) is 0.997. The monoisotopic (exact) mass is 343 g/mol. The van der Waals surface area contributed by atoms with Crippen molar-refractivity contribution < 1.29 is 9.53 Å². The van der Waals surface area contributed by atoms with Crippen LogP contribution in [-0.4, -0.2) is 12.6 Å². The fraction of sp³-hybridized carbons (Fsp3) is 0.174. The van der Waals surface area contributed by atoms with Crippen molar-refractivity contribution in [3.05, 3.63) is 72.8 Å². The van der Waals surface area contributed by atoms with Gasteiger partial charge < -0.3 is 10.1 Å². The van der Waals surface area contributed by atoms with Gasteiger partial charge in [0.2, 0.25) is 0 Å². The molecule has 4 rings (SSSR count). The van der Waals surface area contributed by atoms with Gasteiger partial charge in [0, 0.05) is 6.54 Å². The minimum absolute atomic E-state index is 0.268. The number of hydrogen-bond donors (Lipinski definition) is 1. The van der Waals surface area contributed by atoms with Crippen LogP contribution in [0.25, 0.3) is 32.3 Å². The van der Waals surface area contributed by atoms with Crippen molar-refractivity contribution in [3.63, 3.8) is 0 Å². The highest BCUT2D eigenvalue weighted by Crippen LogP contribution is 2.35. The van der Waals surface area contributed by atoms with Gasteiger partial charge in [-0.1, -0.05) is 48.5 Å². The molecule has 1 N–H and O–H groups in total. The molecule has 0 saturated carbocycles. The van der Waals surface area contributed by atoms with Crippen molar-refractivity contribution >= 4 is 38.4 Å². The van der Waals surface area contributed by atoms with Gasteiger partial charge in [0.1, 0.15) is 6.61 Å². The molecule has 0 aliphatic rings. The van der Waals surface area contributed by atoms with Crippen molar-refractivity contribution in [1.29, 1.82) is 0 Å². The third-order valence-corrected chi connectivity index (χ3v) is 4.75. The van der Waals surface area contributed by atoms with Crippen molar-refractivity contribution in [3.8, 4) is 0 Å². The zero-order chi connectivity index (χ0) is 17.9. The second-order valence-corrected chi connectivity index (χ2v) is 6.56. The SMILES string of the molecule is C=CCCCNC(=O)OCc1cc2ccc3cccc4ccc(c1)c2c34. The van der Waals surface area contributed by atoms with Gasteiger partial charge in [0.15, 0.2) is 0 Å². The molecule has 1 amide bonds. The van der Waals surface area contributed by atoms with Gasteiger partial charge in [-0.3, -0.25) is 0 Å². The van der Waals surface area contributed by atoms with E-state index in [1.54, 1.807) is 0 Å². The van der Waals surface area contributed by atoms with Gasteiger partial charge in [-0.15, -0.1) is 6.58 Å². The van der Waals surface area contributed by atoms with Gasteiger partial charge in [-0.05, 0) is 62.9 Å². The van der Waals surface area contributed by atoms with Crippen LogP contribution in [0.1, 0.15) is 18.4 Å². The maximum Gasteiger partial charge on any atom is 0.407 e. The highest BCUT2D eigenvalue weighted by molar-refractivity contribution is 6.23. The minimum atomic E-state index is -0.376. The quantitative estimate of drug-likeness (QED) is 0.274. The lowest BCUT2D eigenvalue weighted by atomic mass is 9.93. The van der Waals surface area contributed by atoms with Crippen LogP contribution in [-0.2, 0) is 11.3 Å². The number of allylic oxidation sites excluding steroid dienone is 1. The first-order chi connectivity index (χ1) is 12.8. The lowest BCUT2D eigenvalue weighted by molar-refractivity contribution is 0.139. The molecule has 3 heteroatoms. The molecule has 0 radical (unpaired) electrons. The maximum atomic E-state index is 11.8. The van der Waals surface area contributed by atoms with Crippen LogP contribution in [0.5, 0.6) is 0 Å². The van der Waals surface area contributed by atoms with E-state index in [4.69, 9.17) is 4.74 Å². The van der Waals surface area contributed by atoms with E-state index in [0.717, 1.165) is 18.4 Å². The Balaban J connectivity index is 1.57. The van der Waals surface area contributed by atoms with Crippen molar-refractivity contribution in [1.82, 2.24) is 5.32 Å². The van der Waals surface area contributed by atoms with E-state index >= 15 is 0 Å². The molecule has 26 heavy (non-hydrogen) atoms. The standard InChI is InChI=1S/C23H21NO2/c1-2-3-4-12-24-23(25)26-15-16-13-19-10-8-17-6-5-7-18-9-11-20(14-16)22(19)21(17)18/h2,5-11,13-14H,1,3-4,12,15H2,(H,24,25). The summed E-state index contributed by atoms with van der Waals surface area (Å²) in [4.78, 5) is 11.8. The second kappa shape index (κ2) is 7.04. The maximum absolute atomic E-state index is 11.8. The Morgan fingerprint density at radius 2 is 1.58 bits per heavy atom. The van der Waals surface area contributed by atoms with Crippen LogP contribution in [0, 0.1) is 0 Å². The Morgan fingerprint density at radius 3 is 2.23 bits per heavy atom. The second-order valence-electron chi connectivity index (χ2n) is 6.56. The number of unbranched alkanes of at least 4 members (excludes halogenated alkanes) is 1. The van der Waals surface area contributed by atoms with E-state index in [0.29, 0.717) is 6.54 Å². The van der Waals surface area contributed by atoms with Crippen LogP contribution in [0.2, 0.25) is 0 Å². The number of nitrogens with one attached hydrogen (secondary N) is 1. The fourth-order valence-corrected chi connectivity index (χ4v) is 3.54. The number of amides is 1. The number of benzene rings is 4. The normalized spacial score (nSPS) is 11.2. The number of ether oxygens (including phenoxy) is 1. The van der Waals surface area contributed by atoms with Gasteiger partial charge in [-0.2, -0.15) is 0 Å². The molecule has 3 nitrogen and oxygen atoms in total. The molecular formula is C23H21NO2. The largest absolute Gasteiger partial charge is 0.445 e. The number of hydrogen-bond acceptors (Lipinski definition) is 2. The molecule has 4 aromatic carbocycles. The summed E-state index contributed by atoms with van der Waals surface area (Å²) in [7, 11) is 0. The van der Waals surface area contributed by atoms with Crippen LogP contribution in [0.15, 0.2) is 67.3 Å². The summed E-state index contributed by atoms with van der Waals surface area (Å²) in [6.07, 6.45) is 3.23. The van der Waals surface area contributed by atoms with E-state index in [1.807, 2.05) is 6.08 Å². The Bertz CT molecular complexity index is 1020. The first-order valence-electron chi connectivity index (χ1n) is 8.94. The Morgan fingerprint density at radius 1 is 0.962 bits per heavy atom. The summed E-state index contributed by atoms with van der Waals surface area (Å²) in [5, 5.41) is 10.2. The Hall–Kier alpha value is -3.07. The third kappa shape index (κ3) is 3.08. The smallest absolute Gasteiger partial charge is 0.407 e. The van der Waals surface area contributed by atoms with Crippen molar-refractivity contribution in [2.24, 2.45) is 0 Å². The molecular weight excluding hydrogens is 322 g/mol. The van der Waals surface area contributed by atoms with E-state index in [-0.39, 0.29) is 12.7 Å². The van der Waals surface area contributed by atoms with Crippen LogP contribution < -0.4 is 5.32 Å². The molecule has 0 unspecified atom stereocenters. The highest BCUT2D eigenvalue weighted by Gasteiger charge is 2.10. The molecule has 0 aliphatic carbocycles. The molecule has 4 aromatic rings. The van der Waals surface area contributed by atoms with Crippen LogP contribution in [0.3, 0.4) is 0 Å². The van der Waals surface area contributed by atoms with Gasteiger partial charge in [0.25, 0.3) is 0 Å². The lowest BCUT2D eigenvalue weighted by Crippen LogP contribution is -2.25. The summed E-state index contributed by atoms with van der Waals surface area (Å²) in [5.74, 6) is 0. The lowest BCUT2D eigenvalue weighted by Gasteiger charge is -2.13. The predicted octanol–water partition coefficient (Wildman–Crippen LogP) is 5.78. The number of carbonyl (C=O) groups excluding carboxylic acids is 1. The molecule has 0 fully saturated rings. The van der Waals surface area contributed by atoms with E-state index < -0.39 is 0 Å². The van der Waals surface area contributed by atoms with E-state index in [9.17, 15) is 4.79 Å². The highest BCUT2D eigenvalue weighted by atomic mass is 16.5. The topological polar surface area (TPSA) is 38.3 Å². The van der Waals surface area contributed by atoms with Crippen LogP contribution >= 0.6 is 0 Å².